The molecule has 0 bridgehead atoms. The fourth-order valence-electron chi connectivity index (χ4n) is 3.44. The molecule has 0 aliphatic rings. The van der Waals surface area contributed by atoms with E-state index < -0.39 is 10.0 Å². The molecule has 3 aromatic carbocycles. The topological polar surface area (TPSA) is 66.5 Å². The van der Waals surface area contributed by atoms with Crippen molar-refractivity contribution < 1.29 is 13.2 Å². The summed E-state index contributed by atoms with van der Waals surface area (Å²) in [6, 6.07) is 23.6. The van der Waals surface area contributed by atoms with Gasteiger partial charge in [0.25, 0.3) is 15.9 Å². The average molecular weight is 437 g/mol. The van der Waals surface area contributed by atoms with Crippen LogP contribution < -0.4 is 9.62 Å². The zero-order chi connectivity index (χ0) is 22.4. The highest BCUT2D eigenvalue weighted by molar-refractivity contribution is 7.92. The summed E-state index contributed by atoms with van der Waals surface area (Å²) in [4.78, 5) is 12.9. The number of carbonyl (C=O) groups excluding carboxylic acids is 1. The standard InChI is InChI=1S/C25H28N2O3S/c1-19-18-22(25(28)26-20(2)14-15-21-10-6-4-7-11-21)16-17-24(19)27(3)31(29,30)23-12-8-5-9-13-23/h4-13,16-18,20H,14-15H2,1-3H3,(H,26,28)/t20-/m1/s1. The van der Waals surface area contributed by atoms with Crippen LogP contribution in [0.1, 0.15) is 34.8 Å². The van der Waals surface area contributed by atoms with Crippen molar-refractivity contribution >= 4 is 21.6 Å². The number of nitrogens with zero attached hydrogens (tertiary/aromatic N) is 1. The minimum atomic E-state index is -3.67. The first-order valence-electron chi connectivity index (χ1n) is 10.3. The molecule has 31 heavy (non-hydrogen) atoms. The van der Waals surface area contributed by atoms with Crippen LogP contribution in [0.4, 0.5) is 5.69 Å². The smallest absolute Gasteiger partial charge is 0.264 e. The summed E-state index contributed by atoms with van der Waals surface area (Å²) in [6.45, 7) is 3.80. The van der Waals surface area contributed by atoms with Gasteiger partial charge in [-0.2, -0.15) is 0 Å². The van der Waals surface area contributed by atoms with E-state index in [0.29, 0.717) is 16.8 Å². The number of nitrogens with one attached hydrogen (secondary N) is 1. The zero-order valence-corrected chi connectivity index (χ0v) is 18.9. The van der Waals surface area contributed by atoms with Crippen LogP contribution in [-0.4, -0.2) is 27.4 Å². The summed E-state index contributed by atoms with van der Waals surface area (Å²) in [5.74, 6) is -0.163. The molecule has 0 heterocycles. The van der Waals surface area contributed by atoms with Crippen molar-refractivity contribution in [2.24, 2.45) is 0 Å². The first-order valence-corrected chi connectivity index (χ1v) is 11.7. The van der Waals surface area contributed by atoms with Gasteiger partial charge in [-0.3, -0.25) is 9.10 Å². The maximum atomic E-state index is 12.9. The number of sulfonamides is 1. The summed E-state index contributed by atoms with van der Waals surface area (Å²) in [5, 5.41) is 3.03. The van der Waals surface area contributed by atoms with Crippen molar-refractivity contribution in [1.82, 2.24) is 5.32 Å². The predicted octanol–water partition coefficient (Wildman–Crippen LogP) is 4.57. The Bertz CT molecular complexity index is 1130. The maximum absolute atomic E-state index is 12.9. The lowest BCUT2D eigenvalue weighted by molar-refractivity contribution is 0.0938. The number of hydrogen-bond acceptors (Lipinski definition) is 3. The second kappa shape index (κ2) is 9.79. The molecule has 0 unspecified atom stereocenters. The Hall–Kier alpha value is -3.12. The molecule has 3 rings (SSSR count). The van der Waals surface area contributed by atoms with E-state index in [0.717, 1.165) is 12.8 Å². The molecule has 1 N–H and O–H groups in total. The molecule has 0 saturated carbocycles. The van der Waals surface area contributed by atoms with Gasteiger partial charge in [-0.15, -0.1) is 0 Å². The largest absolute Gasteiger partial charge is 0.350 e. The van der Waals surface area contributed by atoms with Gasteiger partial charge in [0, 0.05) is 18.7 Å². The molecule has 0 aromatic heterocycles. The lowest BCUT2D eigenvalue weighted by Crippen LogP contribution is -2.33. The highest BCUT2D eigenvalue weighted by Gasteiger charge is 2.22. The predicted molar refractivity (Wildman–Crippen MR) is 125 cm³/mol. The number of amides is 1. The molecule has 0 fully saturated rings. The van der Waals surface area contributed by atoms with Gasteiger partial charge in [-0.05, 0) is 68.1 Å². The third kappa shape index (κ3) is 5.52. The maximum Gasteiger partial charge on any atom is 0.264 e. The molecule has 1 atom stereocenters. The number of aryl methyl sites for hydroxylation is 2. The lowest BCUT2D eigenvalue weighted by Gasteiger charge is -2.22. The van der Waals surface area contributed by atoms with Crippen molar-refractivity contribution in [3.63, 3.8) is 0 Å². The van der Waals surface area contributed by atoms with Crippen LogP contribution >= 0.6 is 0 Å². The molecule has 162 valence electrons. The van der Waals surface area contributed by atoms with Gasteiger partial charge in [0.1, 0.15) is 0 Å². The Labute approximate surface area is 184 Å². The van der Waals surface area contributed by atoms with E-state index in [2.05, 4.69) is 17.4 Å². The average Bonchev–Trinajstić information content (AvgIpc) is 2.78. The first kappa shape index (κ1) is 22.6. The molecule has 0 radical (unpaired) electrons. The molecular formula is C25H28N2O3S. The summed E-state index contributed by atoms with van der Waals surface area (Å²) >= 11 is 0. The molecular weight excluding hydrogens is 408 g/mol. The van der Waals surface area contributed by atoms with Crippen LogP contribution in [0.3, 0.4) is 0 Å². The van der Waals surface area contributed by atoms with Crippen molar-refractivity contribution in [3.05, 3.63) is 95.6 Å². The van der Waals surface area contributed by atoms with Crippen molar-refractivity contribution in [1.29, 1.82) is 0 Å². The van der Waals surface area contributed by atoms with Gasteiger partial charge < -0.3 is 5.32 Å². The van der Waals surface area contributed by atoms with Crippen molar-refractivity contribution in [3.8, 4) is 0 Å². The van der Waals surface area contributed by atoms with E-state index in [1.54, 1.807) is 48.5 Å². The quantitative estimate of drug-likeness (QED) is 0.562. The SMILES string of the molecule is Cc1cc(C(=O)N[C@H](C)CCc2ccccc2)ccc1N(C)S(=O)(=O)c1ccccc1. The Morgan fingerprint density at radius 3 is 2.19 bits per heavy atom. The van der Waals surface area contributed by atoms with Crippen LogP contribution in [0, 0.1) is 6.92 Å². The molecule has 0 aliphatic heterocycles. The van der Waals surface area contributed by atoms with Gasteiger partial charge in [0.15, 0.2) is 0 Å². The van der Waals surface area contributed by atoms with Crippen LogP contribution in [0.2, 0.25) is 0 Å². The van der Waals surface area contributed by atoms with Gasteiger partial charge in [0.05, 0.1) is 10.6 Å². The third-order valence-corrected chi connectivity index (χ3v) is 7.07. The van der Waals surface area contributed by atoms with E-state index in [1.807, 2.05) is 32.0 Å². The number of benzene rings is 3. The fourth-order valence-corrected chi connectivity index (χ4v) is 4.72. The van der Waals surface area contributed by atoms with Crippen LogP contribution in [0.25, 0.3) is 0 Å². The van der Waals surface area contributed by atoms with Gasteiger partial charge >= 0.3 is 0 Å². The van der Waals surface area contributed by atoms with Gasteiger partial charge in [-0.25, -0.2) is 8.42 Å². The first-order chi connectivity index (χ1) is 14.8. The number of hydrogen-bond donors (Lipinski definition) is 1. The van der Waals surface area contributed by atoms with Crippen LogP contribution in [-0.2, 0) is 16.4 Å². The highest BCUT2D eigenvalue weighted by Crippen LogP contribution is 2.26. The van der Waals surface area contributed by atoms with Gasteiger partial charge in [0.2, 0.25) is 0 Å². The molecule has 0 aliphatic carbocycles. The van der Waals surface area contributed by atoms with Crippen molar-refractivity contribution in [2.75, 3.05) is 11.4 Å². The number of carbonyl (C=O) groups is 1. The third-order valence-electron chi connectivity index (χ3n) is 5.29. The zero-order valence-electron chi connectivity index (χ0n) is 18.1. The minimum Gasteiger partial charge on any atom is -0.350 e. The molecule has 1 amide bonds. The second-order valence-corrected chi connectivity index (χ2v) is 9.65. The fraction of sp³-hybridized carbons (Fsp3) is 0.240. The number of rotatable bonds is 8. The van der Waals surface area contributed by atoms with Crippen LogP contribution in [0.15, 0.2) is 83.8 Å². The summed E-state index contributed by atoms with van der Waals surface area (Å²) in [7, 11) is -2.14. The van der Waals surface area contributed by atoms with E-state index in [-0.39, 0.29) is 16.8 Å². The molecule has 0 spiro atoms. The molecule has 6 heteroatoms. The monoisotopic (exact) mass is 436 g/mol. The Morgan fingerprint density at radius 2 is 1.58 bits per heavy atom. The van der Waals surface area contributed by atoms with E-state index in [1.165, 1.54) is 16.9 Å². The molecule has 0 saturated heterocycles. The molecule has 5 nitrogen and oxygen atoms in total. The Balaban J connectivity index is 1.67. The van der Waals surface area contributed by atoms with E-state index in [9.17, 15) is 13.2 Å². The summed E-state index contributed by atoms with van der Waals surface area (Å²) in [5.41, 5.74) is 3.01. The molecule has 3 aromatic rings. The van der Waals surface area contributed by atoms with Crippen molar-refractivity contribution in [2.45, 2.75) is 37.6 Å². The Morgan fingerprint density at radius 1 is 0.968 bits per heavy atom. The lowest BCUT2D eigenvalue weighted by atomic mass is 10.1. The highest BCUT2D eigenvalue weighted by atomic mass is 32.2. The van der Waals surface area contributed by atoms with E-state index >= 15 is 0 Å². The summed E-state index contributed by atoms with van der Waals surface area (Å²) < 4.78 is 27.0. The number of anilines is 1. The van der Waals surface area contributed by atoms with Gasteiger partial charge in [-0.1, -0.05) is 48.5 Å². The minimum absolute atomic E-state index is 0.0221. The second-order valence-electron chi connectivity index (χ2n) is 7.69. The van der Waals surface area contributed by atoms with Crippen LogP contribution in [0.5, 0.6) is 0 Å². The summed E-state index contributed by atoms with van der Waals surface area (Å²) in [6.07, 6.45) is 1.73. The normalized spacial score (nSPS) is 12.2. The van der Waals surface area contributed by atoms with E-state index in [4.69, 9.17) is 0 Å². The Kier molecular flexibility index (Phi) is 7.13.